The van der Waals surface area contributed by atoms with Crippen molar-refractivity contribution in [2.75, 3.05) is 19.0 Å². The highest BCUT2D eigenvalue weighted by Gasteiger charge is 2.22. The highest BCUT2D eigenvalue weighted by molar-refractivity contribution is 6.12. The first-order valence-electron chi connectivity index (χ1n) is 14.5. The Hall–Kier alpha value is -5.33. The normalized spacial score (nSPS) is 11.4. The average Bonchev–Trinajstić information content (AvgIpc) is 3.08. The van der Waals surface area contributed by atoms with Crippen LogP contribution in [0.2, 0.25) is 0 Å². The summed E-state index contributed by atoms with van der Waals surface area (Å²) in [5, 5.41) is 6.51. The van der Waals surface area contributed by atoms with Gasteiger partial charge in [0, 0.05) is 35.3 Å². The van der Waals surface area contributed by atoms with Gasteiger partial charge in [0.15, 0.2) is 11.6 Å². The van der Waals surface area contributed by atoms with Crippen molar-refractivity contribution >= 4 is 23.2 Å². The van der Waals surface area contributed by atoms with Crippen LogP contribution in [0.25, 0.3) is 11.1 Å². The number of nitrogens with one attached hydrogen (secondary N) is 2. The van der Waals surface area contributed by atoms with Crippen molar-refractivity contribution in [3.8, 4) is 11.1 Å². The number of carbonyl (C=O) groups excluding carboxylic acids is 3. The predicted octanol–water partition coefficient (Wildman–Crippen LogP) is 6.75. The minimum Gasteiger partial charge on any atom is -0.467 e. The summed E-state index contributed by atoms with van der Waals surface area (Å²) >= 11 is 0. The van der Waals surface area contributed by atoms with Crippen LogP contribution in [0.3, 0.4) is 0 Å². The maximum absolute atomic E-state index is 13.2. The molecule has 0 heterocycles. The monoisotopic (exact) mass is 582 g/mol. The summed E-state index contributed by atoms with van der Waals surface area (Å²) in [4.78, 5) is 38.4. The zero-order valence-electron chi connectivity index (χ0n) is 24.5. The molecule has 5 rings (SSSR count). The van der Waals surface area contributed by atoms with Gasteiger partial charge in [-0.05, 0) is 40.5 Å². The van der Waals surface area contributed by atoms with Gasteiger partial charge in [0.1, 0.15) is 6.04 Å². The molecule has 5 aromatic rings. The first-order chi connectivity index (χ1) is 21.5. The van der Waals surface area contributed by atoms with Crippen LogP contribution in [-0.4, -0.2) is 37.2 Å². The van der Waals surface area contributed by atoms with Gasteiger partial charge in [0.05, 0.1) is 13.7 Å². The Morgan fingerprint density at radius 3 is 2.02 bits per heavy atom. The maximum Gasteiger partial charge on any atom is 0.328 e. The third kappa shape index (κ3) is 7.73. The summed E-state index contributed by atoms with van der Waals surface area (Å²) in [6, 6.07) is 41.1. The van der Waals surface area contributed by atoms with Crippen molar-refractivity contribution in [3.63, 3.8) is 0 Å². The number of hydrogen-bond donors (Lipinski definition) is 2. The first-order valence-corrected chi connectivity index (χ1v) is 14.5. The number of Topliss-reactive ketones (excluding diaryl/α,β-unsaturated/α-hetero) is 1. The predicted molar refractivity (Wildman–Crippen MR) is 174 cm³/mol. The van der Waals surface area contributed by atoms with Gasteiger partial charge in [-0.25, -0.2) is 4.79 Å². The molecule has 0 fully saturated rings. The molecule has 0 saturated heterocycles. The van der Waals surface area contributed by atoms with Gasteiger partial charge < -0.3 is 15.4 Å². The molecule has 1 atom stereocenters. The number of para-hydroxylation sites is 1. The minimum atomic E-state index is -0.691. The molecule has 0 saturated carbocycles. The molecule has 0 spiro atoms. The molecule has 0 aliphatic heterocycles. The zero-order chi connectivity index (χ0) is 30.7. The molecular formula is C38H34N2O4. The number of anilines is 1. The van der Waals surface area contributed by atoms with E-state index < -0.39 is 12.0 Å². The van der Waals surface area contributed by atoms with Crippen LogP contribution in [0.4, 0.5) is 5.69 Å². The summed E-state index contributed by atoms with van der Waals surface area (Å²) in [5.41, 5.74) is 6.45. The quantitative estimate of drug-likeness (QED) is 0.118. The van der Waals surface area contributed by atoms with Crippen molar-refractivity contribution < 1.29 is 19.1 Å². The number of carbonyl (C=O) groups is 3. The fourth-order valence-corrected chi connectivity index (χ4v) is 5.05. The number of benzene rings is 5. The van der Waals surface area contributed by atoms with E-state index in [4.69, 9.17) is 4.74 Å². The molecule has 0 aliphatic carbocycles. The van der Waals surface area contributed by atoms with Gasteiger partial charge in [0.2, 0.25) is 0 Å². The van der Waals surface area contributed by atoms with Crippen LogP contribution in [0.5, 0.6) is 0 Å². The summed E-state index contributed by atoms with van der Waals surface area (Å²) in [6.45, 7) is 0.842. The smallest absolute Gasteiger partial charge is 0.328 e. The molecule has 5 aromatic carbocycles. The lowest BCUT2D eigenvalue weighted by molar-refractivity contribution is -0.141. The van der Waals surface area contributed by atoms with E-state index >= 15 is 0 Å². The largest absolute Gasteiger partial charge is 0.467 e. The molecule has 6 nitrogen and oxygen atoms in total. The first kappa shape index (κ1) is 30.1. The van der Waals surface area contributed by atoms with Crippen LogP contribution >= 0.6 is 0 Å². The van der Waals surface area contributed by atoms with E-state index in [0.717, 1.165) is 22.3 Å². The third-order valence-corrected chi connectivity index (χ3v) is 7.39. The molecule has 0 bridgehead atoms. The summed E-state index contributed by atoms with van der Waals surface area (Å²) < 4.78 is 5.11. The van der Waals surface area contributed by atoms with Crippen molar-refractivity contribution in [2.24, 2.45) is 0 Å². The number of hydrogen-bond acceptors (Lipinski definition) is 6. The topological polar surface area (TPSA) is 84.5 Å². The van der Waals surface area contributed by atoms with E-state index in [1.807, 2.05) is 103 Å². The van der Waals surface area contributed by atoms with Crippen LogP contribution in [0.1, 0.15) is 37.4 Å². The second-order valence-electron chi connectivity index (χ2n) is 10.5. The van der Waals surface area contributed by atoms with Gasteiger partial charge in [-0.1, -0.05) is 115 Å². The molecule has 44 heavy (non-hydrogen) atoms. The second-order valence-corrected chi connectivity index (χ2v) is 10.5. The number of rotatable bonds is 13. The highest BCUT2D eigenvalue weighted by atomic mass is 16.5. The van der Waals surface area contributed by atoms with Crippen molar-refractivity contribution in [1.29, 1.82) is 0 Å². The highest BCUT2D eigenvalue weighted by Crippen LogP contribution is 2.24. The molecule has 0 aliphatic rings. The van der Waals surface area contributed by atoms with Gasteiger partial charge in [-0.3, -0.25) is 9.59 Å². The number of ether oxygens (including phenoxy) is 1. The van der Waals surface area contributed by atoms with E-state index in [9.17, 15) is 14.4 Å². The van der Waals surface area contributed by atoms with Crippen molar-refractivity contribution in [1.82, 2.24) is 5.32 Å². The Morgan fingerprint density at radius 1 is 0.659 bits per heavy atom. The van der Waals surface area contributed by atoms with Gasteiger partial charge in [0.25, 0.3) is 0 Å². The summed E-state index contributed by atoms with van der Waals surface area (Å²) in [5.74, 6) is -0.479. The lowest BCUT2D eigenvalue weighted by Crippen LogP contribution is -2.33. The standard InChI is InChI=1S/C38H34N2O4/c1-44-38(43)35(40-34-18-9-8-17-33(34)37(42)31-14-6-3-7-15-31)24-27-19-21-29(22-20-27)32-16-10-11-28(23-32)25-39-26-36(41)30-12-4-2-5-13-30/h2-23,35,39-40H,24-26H2,1H3/t35-/m1/s1. The fourth-order valence-electron chi connectivity index (χ4n) is 5.05. The molecular weight excluding hydrogens is 548 g/mol. The van der Waals surface area contributed by atoms with Crippen LogP contribution in [0.15, 0.2) is 133 Å². The molecule has 6 heteroatoms. The Morgan fingerprint density at radius 2 is 1.32 bits per heavy atom. The van der Waals surface area contributed by atoms with Crippen LogP contribution in [-0.2, 0) is 22.5 Å². The summed E-state index contributed by atoms with van der Waals surface area (Å²) in [6.07, 6.45) is 0.375. The van der Waals surface area contributed by atoms with Gasteiger partial charge in [-0.15, -0.1) is 0 Å². The third-order valence-electron chi connectivity index (χ3n) is 7.39. The number of esters is 1. The number of ketones is 2. The van der Waals surface area contributed by atoms with E-state index in [1.165, 1.54) is 7.11 Å². The number of methoxy groups -OCH3 is 1. The SMILES string of the molecule is COC(=O)[C@@H](Cc1ccc(-c2cccc(CNCC(=O)c3ccccc3)c2)cc1)Nc1ccccc1C(=O)c1ccccc1. The van der Waals surface area contributed by atoms with Gasteiger partial charge in [-0.2, -0.15) is 0 Å². The molecule has 0 amide bonds. The maximum atomic E-state index is 13.2. The van der Waals surface area contributed by atoms with Crippen molar-refractivity contribution in [3.05, 3.63) is 161 Å². The van der Waals surface area contributed by atoms with E-state index in [2.05, 4.69) is 16.7 Å². The van der Waals surface area contributed by atoms with Gasteiger partial charge >= 0.3 is 5.97 Å². The molecule has 220 valence electrons. The molecule has 0 aromatic heterocycles. The Kier molecular flexibility index (Phi) is 10.1. The lowest BCUT2D eigenvalue weighted by atomic mass is 9.98. The molecule has 0 radical (unpaired) electrons. The minimum absolute atomic E-state index is 0.0587. The van der Waals surface area contributed by atoms with E-state index in [0.29, 0.717) is 35.3 Å². The Labute approximate surface area is 257 Å². The lowest BCUT2D eigenvalue weighted by Gasteiger charge is -2.20. The second kappa shape index (κ2) is 14.7. The van der Waals surface area contributed by atoms with E-state index in [-0.39, 0.29) is 18.1 Å². The fraction of sp³-hybridized carbons (Fsp3) is 0.132. The zero-order valence-corrected chi connectivity index (χ0v) is 24.5. The Bertz CT molecular complexity index is 1720. The summed E-state index contributed by atoms with van der Waals surface area (Å²) in [7, 11) is 1.36. The van der Waals surface area contributed by atoms with Crippen LogP contribution in [0, 0.1) is 0 Å². The average molecular weight is 583 g/mol. The Balaban J connectivity index is 1.25. The van der Waals surface area contributed by atoms with Crippen molar-refractivity contribution in [2.45, 2.75) is 19.0 Å². The van der Waals surface area contributed by atoms with Crippen LogP contribution < -0.4 is 10.6 Å². The van der Waals surface area contributed by atoms with E-state index in [1.54, 1.807) is 24.3 Å². The molecule has 2 N–H and O–H groups in total. The molecule has 0 unspecified atom stereocenters.